The van der Waals surface area contributed by atoms with Crippen LogP contribution in [0.5, 0.6) is 0 Å². The Bertz CT molecular complexity index is 354. The van der Waals surface area contributed by atoms with Gasteiger partial charge in [0.2, 0.25) is 0 Å². The zero-order valence-corrected chi connectivity index (χ0v) is 12.5. The van der Waals surface area contributed by atoms with Crippen LogP contribution >= 0.6 is 0 Å². The standard InChI is InChI=1S/C15H26O5/c1-3-5-8-11-20-15(13(18)19)10-7-6-9-14(15,4-2)12(16)17/h3-11H2,1-2H3,(H,16,17)(H,18,19). The summed E-state index contributed by atoms with van der Waals surface area (Å²) in [5.74, 6) is -2.17. The van der Waals surface area contributed by atoms with Gasteiger partial charge in [0.1, 0.15) is 5.41 Å². The molecule has 116 valence electrons. The van der Waals surface area contributed by atoms with Crippen LogP contribution in [0.3, 0.4) is 0 Å². The van der Waals surface area contributed by atoms with E-state index in [1.54, 1.807) is 6.92 Å². The second-order valence-electron chi connectivity index (χ2n) is 5.64. The summed E-state index contributed by atoms with van der Waals surface area (Å²) < 4.78 is 5.72. The first-order chi connectivity index (χ1) is 9.47. The average Bonchev–Trinajstić information content (AvgIpc) is 2.43. The van der Waals surface area contributed by atoms with Crippen LogP contribution in [0.4, 0.5) is 0 Å². The summed E-state index contributed by atoms with van der Waals surface area (Å²) in [5, 5.41) is 19.3. The summed E-state index contributed by atoms with van der Waals surface area (Å²) >= 11 is 0. The third-order valence-corrected chi connectivity index (χ3v) is 4.61. The van der Waals surface area contributed by atoms with Crippen molar-refractivity contribution < 1.29 is 24.5 Å². The average molecular weight is 286 g/mol. The van der Waals surface area contributed by atoms with Crippen LogP contribution in [0, 0.1) is 5.41 Å². The fourth-order valence-electron chi connectivity index (χ4n) is 3.32. The number of rotatable bonds is 8. The molecule has 1 aliphatic rings. The molecule has 0 bridgehead atoms. The van der Waals surface area contributed by atoms with Crippen molar-refractivity contribution in [2.45, 2.75) is 70.8 Å². The molecule has 1 fully saturated rings. The number of carboxylic acid groups (broad SMARTS) is 2. The summed E-state index contributed by atoms with van der Waals surface area (Å²) in [6.45, 7) is 4.11. The van der Waals surface area contributed by atoms with Crippen molar-refractivity contribution in [3.63, 3.8) is 0 Å². The molecule has 5 nitrogen and oxygen atoms in total. The summed E-state index contributed by atoms with van der Waals surface area (Å²) in [6.07, 6.45) is 5.13. The van der Waals surface area contributed by atoms with Crippen LogP contribution in [0.1, 0.15) is 65.2 Å². The van der Waals surface area contributed by atoms with E-state index in [1.165, 1.54) is 0 Å². The number of hydrogen-bond donors (Lipinski definition) is 2. The molecule has 2 N–H and O–H groups in total. The monoisotopic (exact) mass is 286 g/mol. The highest BCUT2D eigenvalue weighted by molar-refractivity contribution is 5.89. The van der Waals surface area contributed by atoms with Crippen LogP contribution in [0.25, 0.3) is 0 Å². The summed E-state index contributed by atoms with van der Waals surface area (Å²) in [7, 11) is 0. The number of unbranched alkanes of at least 4 members (excludes halogenated alkanes) is 2. The van der Waals surface area contributed by atoms with Gasteiger partial charge in [-0.1, -0.05) is 33.1 Å². The van der Waals surface area contributed by atoms with Crippen molar-refractivity contribution in [2.75, 3.05) is 6.61 Å². The molecular weight excluding hydrogens is 260 g/mol. The lowest BCUT2D eigenvalue weighted by atomic mass is 9.61. The van der Waals surface area contributed by atoms with E-state index in [9.17, 15) is 19.8 Å². The Hall–Kier alpha value is -1.10. The molecule has 0 saturated heterocycles. The van der Waals surface area contributed by atoms with Gasteiger partial charge in [-0.05, 0) is 32.1 Å². The zero-order valence-electron chi connectivity index (χ0n) is 12.5. The molecule has 0 aliphatic heterocycles. The SMILES string of the molecule is CCCCCOC1(C(=O)O)CCCCC1(CC)C(=O)O. The van der Waals surface area contributed by atoms with Gasteiger partial charge in [0.05, 0.1) is 0 Å². The van der Waals surface area contributed by atoms with Crippen molar-refractivity contribution in [2.24, 2.45) is 5.41 Å². The first-order valence-electron chi connectivity index (χ1n) is 7.57. The molecule has 0 aromatic heterocycles. The Balaban J connectivity index is 3.04. The molecule has 0 radical (unpaired) electrons. The highest BCUT2D eigenvalue weighted by atomic mass is 16.5. The molecule has 0 aromatic rings. The molecule has 0 amide bonds. The second kappa shape index (κ2) is 7.07. The zero-order chi connectivity index (χ0) is 15.2. The smallest absolute Gasteiger partial charge is 0.337 e. The fourth-order valence-corrected chi connectivity index (χ4v) is 3.32. The summed E-state index contributed by atoms with van der Waals surface area (Å²) in [4.78, 5) is 23.6. The van der Waals surface area contributed by atoms with E-state index in [0.29, 0.717) is 19.4 Å². The number of aliphatic carboxylic acids is 2. The van der Waals surface area contributed by atoms with Gasteiger partial charge < -0.3 is 14.9 Å². The lowest BCUT2D eigenvalue weighted by Crippen LogP contribution is -2.61. The Morgan fingerprint density at radius 3 is 2.20 bits per heavy atom. The van der Waals surface area contributed by atoms with Crippen molar-refractivity contribution in [3.8, 4) is 0 Å². The van der Waals surface area contributed by atoms with Gasteiger partial charge in [-0.15, -0.1) is 0 Å². The van der Waals surface area contributed by atoms with Crippen molar-refractivity contribution >= 4 is 11.9 Å². The van der Waals surface area contributed by atoms with Gasteiger partial charge in [0, 0.05) is 6.61 Å². The number of carbonyl (C=O) groups is 2. The molecule has 1 saturated carbocycles. The van der Waals surface area contributed by atoms with E-state index < -0.39 is 23.0 Å². The maximum absolute atomic E-state index is 11.8. The number of carboxylic acids is 2. The lowest BCUT2D eigenvalue weighted by Gasteiger charge is -2.47. The van der Waals surface area contributed by atoms with E-state index >= 15 is 0 Å². The first kappa shape index (κ1) is 17.0. The predicted octanol–water partition coefficient (Wildman–Crippen LogP) is 3.07. The topological polar surface area (TPSA) is 83.8 Å². The fraction of sp³-hybridized carbons (Fsp3) is 0.867. The van der Waals surface area contributed by atoms with Crippen LogP contribution in [0.15, 0.2) is 0 Å². The van der Waals surface area contributed by atoms with E-state index in [2.05, 4.69) is 6.92 Å². The molecular formula is C15H26O5. The highest BCUT2D eigenvalue weighted by Gasteiger charge is 2.62. The Kier molecular flexibility index (Phi) is 5.99. The molecule has 5 heteroatoms. The van der Waals surface area contributed by atoms with Crippen molar-refractivity contribution in [1.82, 2.24) is 0 Å². The summed E-state index contributed by atoms with van der Waals surface area (Å²) in [6, 6.07) is 0. The van der Waals surface area contributed by atoms with E-state index in [1.807, 2.05) is 0 Å². The maximum atomic E-state index is 11.8. The minimum Gasteiger partial charge on any atom is -0.481 e. The Labute approximate surface area is 120 Å². The van der Waals surface area contributed by atoms with Crippen LogP contribution in [-0.4, -0.2) is 34.4 Å². The van der Waals surface area contributed by atoms with E-state index in [4.69, 9.17) is 4.74 Å². The largest absolute Gasteiger partial charge is 0.481 e. The highest BCUT2D eigenvalue weighted by Crippen LogP contribution is 2.49. The molecule has 2 atom stereocenters. The van der Waals surface area contributed by atoms with Gasteiger partial charge in [0.15, 0.2) is 5.60 Å². The molecule has 1 aliphatic carbocycles. The number of ether oxygens (including phenoxy) is 1. The van der Waals surface area contributed by atoms with Gasteiger partial charge in [0.25, 0.3) is 0 Å². The molecule has 1 rings (SSSR count). The Morgan fingerprint density at radius 1 is 1.05 bits per heavy atom. The van der Waals surface area contributed by atoms with E-state index in [-0.39, 0.29) is 12.8 Å². The minimum atomic E-state index is -1.57. The first-order valence-corrected chi connectivity index (χ1v) is 7.57. The van der Waals surface area contributed by atoms with Crippen LogP contribution < -0.4 is 0 Å². The lowest BCUT2D eigenvalue weighted by molar-refractivity contribution is -0.210. The van der Waals surface area contributed by atoms with Crippen molar-refractivity contribution in [1.29, 1.82) is 0 Å². The molecule has 0 heterocycles. The summed E-state index contributed by atoms with van der Waals surface area (Å²) in [5.41, 5.74) is -2.87. The molecule has 20 heavy (non-hydrogen) atoms. The molecule has 0 spiro atoms. The van der Waals surface area contributed by atoms with Gasteiger partial charge in [-0.2, -0.15) is 0 Å². The molecule has 2 unspecified atom stereocenters. The third-order valence-electron chi connectivity index (χ3n) is 4.61. The quantitative estimate of drug-likeness (QED) is 0.670. The molecule has 0 aromatic carbocycles. The minimum absolute atomic E-state index is 0.280. The van der Waals surface area contributed by atoms with Gasteiger partial charge >= 0.3 is 11.9 Å². The van der Waals surface area contributed by atoms with Gasteiger partial charge in [-0.3, -0.25) is 4.79 Å². The second-order valence-corrected chi connectivity index (χ2v) is 5.64. The third kappa shape index (κ3) is 2.82. The van der Waals surface area contributed by atoms with Crippen LogP contribution in [-0.2, 0) is 14.3 Å². The van der Waals surface area contributed by atoms with Crippen LogP contribution in [0.2, 0.25) is 0 Å². The van der Waals surface area contributed by atoms with E-state index in [0.717, 1.165) is 25.7 Å². The van der Waals surface area contributed by atoms with Gasteiger partial charge in [-0.25, -0.2) is 4.79 Å². The number of hydrogen-bond acceptors (Lipinski definition) is 3. The maximum Gasteiger partial charge on any atom is 0.337 e. The van der Waals surface area contributed by atoms with Crippen molar-refractivity contribution in [3.05, 3.63) is 0 Å². The Morgan fingerprint density at radius 2 is 1.70 bits per heavy atom. The predicted molar refractivity (Wildman–Crippen MR) is 74.7 cm³/mol. The normalized spacial score (nSPS) is 30.1.